The first-order chi connectivity index (χ1) is 12.8. The lowest BCUT2D eigenvalue weighted by Gasteiger charge is -2.27. The van der Waals surface area contributed by atoms with Crippen molar-refractivity contribution in [1.29, 1.82) is 0 Å². The van der Waals surface area contributed by atoms with Gasteiger partial charge in [0.25, 0.3) is 0 Å². The van der Waals surface area contributed by atoms with Gasteiger partial charge in [-0.25, -0.2) is 4.79 Å². The zero-order valence-corrected chi connectivity index (χ0v) is 16.3. The molecule has 0 N–H and O–H groups in total. The molecule has 0 aromatic carbocycles. The second-order valence-electron chi connectivity index (χ2n) is 7.78. The Bertz CT molecular complexity index is 729. The number of carbonyl (C=O) groups is 2. The molecular formula is C22H28O5. The molecule has 2 unspecified atom stereocenters. The lowest BCUT2D eigenvalue weighted by molar-refractivity contribution is -0.154. The summed E-state index contributed by atoms with van der Waals surface area (Å²) in [6, 6.07) is 0. The second kappa shape index (κ2) is 7.75. The molecule has 3 aliphatic rings. The van der Waals surface area contributed by atoms with Crippen LogP contribution in [0.5, 0.6) is 0 Å². The molecule has 3 rings (SSSR count). The first kappa shape index (κ1) is 19.5. The van der Waals surface area contributed by atoms with E-state index < -0.39 is 6.10 Å². The van der Waals surface area contributed by atoms with Crippen molar-refractivity contribution >= 4 is 11.9 Å². The summed E-state index contributed by atoms with van der Waals surface area (Å²) in [6.45, 7) is 13.9. The minimum atomic E-state index is -0.498. The molecule has 0 radical (unpaired) electrons. The van der Waals surface area contributed by atoms with Gasteiger partial charge in [-0.05, 0) is 31.1 Å². The summed E-state index contributed by atoms with van der Waals surface area (Å²) in [7, 11) is 0. The average molecular weight is 372 g/mol. The van der Waals surface area contributed by atoms with Gasteiger partial charge in [0.1, 0.15) is 24.1 Å². The van der Waals surface area contributed by atoms with Crippen molar-refractivity contribution in [1.82, 2.24) is 0 Å². The van der Waals surface area contributed by atoms with E-state index in [0.717, 1.165) is 18.4 Å². The molecule has 5 heteroatoms. The van der Waals surface area contributed by atoms with Gasteiger partial charge in [0.2, 0.25) is 0 Å². The Morgan fingerprint density at radius 3 is 2.74 bits per heavy atom. The van der Waals surface area contributed by atoms with Gasteiger partial charge in [-0.2, -0.15) is 0 Å². The number of fused-ring (bicyclic) bond motifs is 2. The second-order valence-corrected chi connectivity index (χ2v) is 7.78. The van der Waals surface area contributed by atoms with Crippen molar-refractivity contribution in [2.45, 2.75) is 64.8 Å². The number of rotatable bonds is 4. The van der Waals surface area contributed by atoms with Crippen LogP contribution in [-0.4, -0.2) is 30.3 Å². The number of hydrogen-bond donors (Lipinski definition) is 0. The molecule has 0 aromatic rings. The third-order valence-electron chi connectivity index (χ3n) is 5.49. The number of esters is 2. The molecule has 0 saturated carbocycles. The van der Waals surface area contributed by atoms with E-state index in [-0.39, 0.29) is 36.0 Å². The van der Waals surface area contributed by atoms with E-state index in [9.17, 15) is 9.59 Å². The minimum Gasteiger partial charge on any atom is -0.490 e. The van der Waals surface area contributed by atoms with Crippen LogP contribution in [0.15, 0.2) is 47.8 Å². The largest absolute Gasteiger partial charge is 0.490 e. The van der Waals surface area contributed by atoms with Crippen LogP contribution in [0.1, 0.15) is 46.5 Å². The van der Waals surface area contributed by atoms with Crippen LogP contribution < -0.4 is 0 Å². The van der Waals surface area contributed by atoms with E-state index in [1.807, 2.05) is 32.9 Å². The Labute approximate surface area is 160 Å². The van der Waals surface area contributed by atoms with Gasteiger partial charge >= 0.3 is 11.9 Å². The molecular weight excluding hydrogens is 344 g/mol. The van der Waals surface area contributed by atoms with Crippen LogP contribution in [0.4, 0.5) is 0 Å². The summed E-state index contributed by atoms with van der Waals surface area (Å²) in [4.78, 5) is 24.8. The monoisotopic (exact) mass is 372 g/mol. The highest BCUT2D eigenvalue weighted by molar-refractivity contribution is 5.91. The van der Waals surface area contributed by atoms with Crippen molar-refractivity contribution in [3.8, 4) is 0 Å². The molecule has 0 aromatic heterocycles. The van der Waals surface area contributed by atoms with Crippen molar-refractivity contribution in [3.63, 3.8) is 0 Å². The van der Waals surface area contributed by atoms with Gasteiger partial charge in [-0.3, -0.25) is 4.79 Å². The number of hydrogen-bond acceptors (Lipinski definition) is 5. The van der Waals surface area contributed by atoms with Crippen molar-refractivity contribution in [2.24, 2.45) is 11.8 Å². The van der Waals surface area contributed by atoms with Crippen molar-refractivity contribution < 1.29 is 23.8 Å². The highest BCUT2D eigenvalue weighted by Gasteiger charge is 2.44. The zero-order chi connectivity index (χ0) is 19.7. The molecule has 1 fully saturated rings. The third-order valence-corrected chi connectivity index (χ3v) is 5.49. The van der Waals surface area contributed by atoms with Gasteiger partial charge in [0.05, 0.1) is 11.8 Å². The normalized spacial score (nSPS) is 33.2. The van der Waals surface area contributed by atoms with Crippen LogP contribution in [-0.2, 0) is 23.8 Å². The zero-order valence-electron chi connectivity index (χ0n) is 16.3. The molecule has 5 nitrogen and oxygen atoms in total. The SMILES string of the molecule is C=C1OC2CC3=C[C@@H](C/C(C)=C/[C@@H](OC(=O)C(C)CCC)[C@@H]2C1=C)OC3=O. The van der Waals surface area contributed by atoms with Gasteiger partial charge < -0.3 is 14.2 Å². The van der Waals surface area contributed by atoms with E-state index in [1.165, 1.54) is 0 Å². The summed E-state index contributed by atoms with van der Waals surface area (Å²) in [6.07, 6.45) is 5.37. The quantitative estimate of drug-likeness (QED) is 0.551. The lowest BCUT2D eigenvalue weighted by Crippen LogP contribution is -2.34. The average Bonchev–Trinajstić information content (AvgIpc) is 3.06. The smallest absolute Gasteiger partial charge is 0.334 e. The predicted octanol–water partition coefficient (Wildman–Crippen LogP) is 4.01. The Morgan fingerprint density at radius 2 is 2.04 bits per heavy atom. The standard InChI is InChI=1S/C22H28O5/c1-6-7-13(3)21(23)27-18-9-12(2)8-17-10-16(22(24)26-17)11-19-20(18)14(4)15(5)25-19/h9-10,13,17-20H,4-8,11H2,1-3H3/b12-9+/t13?,17-,18-,19?,20+/m1/s1. The van der Waals surface area contributed by atoms with Gasteiger partial charge in [-0.15, -0.1) is 0 Å². The Morgan fingerprint density at radius 1 is 1.30 bits per heavy atom. The Kier molecular flexibility index (Phi) is 5.59. The Hall–Kier alpha value is -2.30. The van der Waals surface area contributed by atoms with Gasteiger partial charge in [0.15, 0.2) is 0 Å². The molecule has 2 bridgehead atoms. The van der Waals surface area contributed by atoms with E-state index in [4.69, 9.17) is 14.2 Å². The molecule has 1 saturated heterocycles. The molecule has 27 heavy (non-hydrogen) atoms. The Balaban J connectivity index is 1.92. The molecule has 146 valence electrons. The molecule has 2 aliphatic heterocycles. The summed E-state index contributed by atoms with van der Waals surface area (Å²) >= 11 is 0. The van der Waals surface area contributed by atoms with Gasteiger partial charge in [0, 0.05) is 18.4 Å². The third kappa shape index (κ3) is 4.02. The van der Waals surface area contributed by atoms with Crippen molar-refractivity contribution in [2.75, 3.05) is 0 Å². The molecule has 5 atom stereocenters. The first-order valence-electron chi connectivity index (χ1n) is 9.64. The fraction of sp³-hybridized carbons (Fsp3) is 0.545. The van der Waals surface area contributed by atoms with E-state index >= 15 is 0 Å². The maximum Gasteiger partial charge on any atom is 0.334 e. The molecule has 0 amide bonds. The highest BCUT2D eigenvalue weighted by atomic mass is 16.6. The van der Waals surface area contributed by atoms with E-state index in [2.05, 4.69) is 13.2 Å². The van der Waals surface area contributed by atoms with Crippen LogP contribution in [0.2, 0.25) is 0 Å². The fourth-order valence-electron chi connectivity index (χ4n) is 4.01. The first-order valence-corrected chi connectivity index (χ1v) is 9.64. The summed E-state index contributed by atoms with van der Waals surface area (Å²) < 4.78 is 17.3. The molecule has 0 spiro atoms. The number of carbonyl (C=O) groups excluding carboxylic acids is 2. The predicted molar refractivity (Wildman–Crippen MR) is 102 cm³/mol. The maximum absolute atomic E-state index is 12.6. The van der Waals surface area contributed by atoms with Crippen LogP contribution in [0.25, 0.3) is 0 Å². The minimum absolute atomic E-state index is 0.167. The topological polar surface area (TPSA) is 61.8 Å². The number of allylic oxidation sites excluding steroid dienone is 1. The van der Waals surface area contributed by atoms with E-state index in [1.54, 1.807) is 0 Å². The summed E-state index contributed by atoms with van der Waals surface area (Å²) in [5, 5.41) is 0. The lowest BCUT2D eigenvalue weighted by atomic mass is 9.85. The van der Waals surface area contributed by atoms with Crippen molar-refractivity contribution in [3.05, 3.63) is 47.8 Å². The van der Waals surface area contributed by atoms with Crippen LogP contribution in [0.3, 0.4) is 0 Å². The van der Waals surface area contributed by atoms with E-state index in [0.29, 0.717) is 29.7 Å². The summed E-state index contributed by atoms with van der Waals surface area (Å²) in [5.74, 6) is -0.468. The highest BCUT2D eigenvalue weighted by Crippen LogP contribution is 2.42. The summed E-state index contributed by atoms with van der Waals surface area (Å²) in [5.41, 5.74) is 2.32. The maximum atomic E-state index is 12.6. The molecule has 2 heterocycles. The fourth-order valence-corrected chi connectivity index (χ4v) is 4.01. The van der Waals surface area contributed by atoms with Crippen LogP contribution >= 0.6 is 0 Å². The van der Waals surface area contributed by atoms with Gasteiger partial charge in [-0.1, -0.05) is 39.0 Å². The number of ether oxygens (including phenoxy) is 3. The molecule has 1 aliphatic carbocycles. The van der Waals surface area contributed by atoms with Crippen LogP contribution in [0, 0.1) is 11.8 Å².